The molecule has 0 spiro atoms. The fraction of sp³-hybridized carbons (Fsp3) is 0.265. The van der Waals surface area contributed by atoms with Gasteiger partial charge < -0.3 is 43.6 Å². The van der Waals surface area contributed by atoms with E-state index in [9.17, 15) is 13.7 Å². The normalized spacial score (nSPS) is 12.9. The van der Waals surface area contributed by atoms with E-state index in [1.54, 1.807) is 30.3 Å². The van der Waals surface area contributed by atoms with Crippen LogP contribution in [0.3, 0.4) is 0 Å². The minimum Gasteiger partial charge on any atom is -0.491 e. The van der Waals surface area contributed by atoms with Crippen molar-refractivity contribution in [2.75, 3.05) is 39.6 Å². The van der Waals surface area contributed by atoms with Crippen LogP contribution in [0.15, 0.2) is 158 Å². The highest BCUT2D eigenvalue weighted by molar-refractivity contribution is 7.46. The molecule has 0 radical (unpaired) electrons. The van der Waals surface area contributed by atoms with E-state index in [0.29, 0.717) is 11.5 Å². The van der Waals surface area contributed by atoms with Crippen LogP contribution in [0.25, 0.3) is 0 Å². The fourth-order valence-electron chi connectivity index (χ4n) is 6.69. The summed E-state index contributed by atoms with van der Waals surface area (Å²) in [7, 11) is -13.3. The summed E-state index contributed by atoms with van der Waals surface area (Å²) >= 11 is 0. The van der Waals surface area contributed by atoms with E-state index in [4.69, 9.17) is 43.6 Å². The molecule has 0 aliphatic rings. The van der Waals surface area contributed by atoms with Crippen LogP contribution in [-0.2, 0) is 27.3 Å². The van der Waals surface area contributed by atoms with Gasteiger partial charge in [-0.2, -0.15) is 0 Å². The predicted molar refractivity (Wildman–Crippen MR) is 256 cm³/mol. The monoisotopic (exact) mass is 980 g/mol. The lowest BCUT2D eigenvalue weighted by atomic mass is 9.81. The van der Waals surface area contributed by atoms with Gasteiger partial charge >= 0.3 is 23.5 Å². The summed E-state index contributed by atoms with van der Waals surface area (Å²) in [4.78, 5) is 51.8. The molecule has 0 aliphatic heterocycles. The van der Waals surface area contributed by atoms with Crippen LogP contribution >= 0.6 is 23.5 Å². The molecular weight excluding hydrogens is 921 g/mol. The van der Waals surface area contributed by atoms with E-state index >= 15 is 0 Å². The van der Waals surface area contributed by atoms with Gasteiger partial charge in [-0.25, -0.2) is 13.7 Å². The first-order valence-electron chi connectivity index (χ1n) is 21.2. The second-order valence-corrected chi connectivity index (χ2v) is 18.8. The molecule has 3 atom stereocenters. The van der Waals surface area contributed by atoms with Crippen LogP contribution < -0.4 is 14.2 Å². The molecule has 15 nitrogen and oxygen atoms in total. The van der Waals surface area contributed by atoms with Crippen molar-refractivity contribution in [2.45, 2.75) is 45.4 Å². The van der Waals surface area contributed by atoms with Gasteiger partial charge in [-0.1, -0.05) is 154 Å². The van der Waals surface area contributed by atoms with Crippen molar-refractivity contribution >= 4 is 23.5 Å². The smallest absolute Gasteiger partial charge is 0.469 e. The molecule has 3 unspecified atom stereocenters. The number of aryl methyl sites for hydroxylation is 1. The zero-order valence-corrected chi connectivity index (χ0v) is 40.4. The van der Waals surface area contributed by atoms with Crippen molar-refractivity contribution in [3.8, 4) is 17.2 Å². The van der Waals surface area contributed by atoms with Gasteiger partial charge in [0.1, 0.15) is 37.1 Å². The highest BCUT2D eigenvalue weighted by atomic mass is 31.2. The first-order valence-corrected chi connectivity index (χ1v) is 25.8. The molecule has 6 N–H and O–H groups in total. The second kappa shape index (κ2) is 27.1. The quantitative estimate of drug-likeness (QED) is 0.0291. The number of phosphoric acid groups is 3. The summed E-state index contributed by atoms with van der Waals surface area (Å²) in [5.74, 6) is 2.24. The molecule has 0 fully saturated rings. The second-order valence-electron chi connectivity index (χ2n) is 15.1. The molecule has 0 saturated carbocycles. The molecule has 6 rings (SSSR count). The molecular formula is C49H59O15P3. The van der Waals surface area contributed by atoms with E-state index in [1.165, 1.54) is 11.1 Å². The minimum absolute atomic E-state index is 0.0156. The Morgan fingerprint density at radius 3 is 1.12 bits per heavy atom. The zero-order chi connectivity index (χ0) is 48.9. The van der Waals surface area contributed by atoms with Crippen molar-refractivity contribution < 1.29 is 70.8 Å². The van der Waals surface area contributed by atoms with E-state index in [-0.39, 0.29) is 57.4 Å². The van der Waals surface area contributed by atoms with Gasteiger partial charge in [-0.3, -0.25) is 13.6 Å². The molecule has 18 heteroatoms. The van der Waals surface area contributed by atoms with Crippen molar-refractivity contribution in [2.24, 2.45) is 0 Å². The maximum absolute atomic E-state index is 11.2. The van der Waals surface area contributed by atoms with E-state index in [0.717, 1.165) is 33.6 Å². The molecule has 0 bridgehead atoms. The topological polar surface area (TPSA) is 228 Å². The Bertz CT molecular complexity index is 2430. The van der Waals surface area contributed by atoms with E-state index in [2.05, 4.69) is 95.0 Å². The first-order chi connectivity index (χ1) is 31.8. The number of benzene rings is 6. The molecule has 0 heterocycles. The molecule has 6 aromatic rings. The van der Waals surface area contributed by atoms with Crippen molar-refractivity contribution in [3.05, 3.63) is 197 Å². The van der Waals surface area contributed by atoms with Crippen molar-refractivity contribution in [1.82, 2.24) is 0 Å². The average Bonchev–Trinajstić information content (AvgIpc) is 3.30. The van der Waals surface area contributed by atoms with Gasteiger partial charge in [0.25, 0.3) is 0 Å². The van der Waals surface area contributed by atoms with Crippen LogP contribution in [0.1, 0.15) is 77.5 Å². The number of para-hydroxylation sites is 1. The molecule has 360 valence electrons. The average molecular weight is 981 g/mol. The van der Waals surface area contributed by atoms with Crippen molar-refractivity contribution in [3.63, 3.8) is 0 Å². The highest BCUT2D eigenvalue weighted by Crippen LogP contribution is 2.43. The highest BCUT2D eigenvalue weighted by Gasteiger charge is 2.25. The number of hydrogen-bond acceptors (Lipinski definition) is 9. The first kappa shape index (κ1) is 54.7. The van der Waals surface area contributed by atoms with Crippen molar-refractivity contribution in [1.29, 1.82) is 0 Å². The molecule has 0 aliphatic carbocycles. The van der Waals surface area contributed by atoms with Gasteiger partial charge in [0, 0.05) is 28.9 Å². The number of rotatable bonds is 21. The molecule has 0 saturated heterocycles. The largest absolute Gasteiger partial charge is 0.491 e. The van der Waals surface area contributed by atoms with Crippen LogP contribution in [0, 0.1) is 6.92 Å². The van der Waals surface area contributed by atoms with Gasteiger partial charge in [0.2, 0.25) is 0 Å². The van der Waals surface area contributed by atoms with E-state index < -0.39 is 23.5 Å². The maximum atomic E-state index is 11.2. The zero-order valence-electron chi connectivity index (χ0n) is 37.7. The van der Waals surface area contributed by atoms with Crippen LogP contribution in [-0.4, -0.2) is 69.0 Å². The summed E-state index contributed by atoms with van der Waals surface area (Å²) in [5.41, 5.74) is 7.86. The molecule has 0 amide bonds. The Kier molecular flexibility index (Phi) is 22.1. The van der Waals surface area contributed by atoms with Gasteiger partial charge in [0.15, 0.2) is 0 Å². The van der Waals surface area contributed by atoms with Crippen LogP contribution in [0.5, 0.6) is 17.2 Å². The Balaban J connectivity index is 0.000000275. The Morgan fingerprint density at radius 1 is 0.388 bits per heavy atom. The SMILES string of the molecule is CC(c1ccccc1)c1cc(C(C)c2ccccc2)c(OCCOP(=O)(O)O)c(C(C)c2ccccc2)c1.Cc1cccc(OCCOP(=O)(O)O)c1.O=P(O)(O)OCCOc1ccccc1. The van der Waals surface area contributed by atoms with Gasteiger partial charge in [-0.15, -0.1) is 0 Å². The summed E-state index contributed by atoms with van der Waals surface area (Å²) in [6.07, 6.45) is 0. The predicted octanol–water partition coefficient (Wildman–Crippen LogP) is 10.3. The third kappa shape index (κ3) is 20.8. The van der Waals surface area contributed by atoms with Crippen LogP contribution in [0.2, 0.25) is 0 Å². The van der Waals surface area contributed by atoms with Crippen LogP contribution in [0.4, 0.5) is 0 Å². The summed E-state index contributed by atoms with van der Waals surface area (Å²) < 4.78 is 61.6. The molecule has 67 heavy (non-hydrogen) atoms. The maximum Gasteiger partial charge on any atom is 0.469 e. The third-order valence-electron chi connectivity index (χ3n) is 10.0. The molecule has 6 aromatic carbocycles. The fourth-order valence-corrected chi connectivity index (χ4v) is 7.63. The van der Waals surface area contributed by atoms with E-state index in [1.807, 2.05) is 73.7 Å². The number of hydrogen-bond donors (Lipinski definition) is 6. The number of ether oxygens (including phenoxy) is 3. The summed E-state index contributed by atoms with van der Waals surface area (Å²) in [6.45, 7) is 8.20. The van der Waals surface area contributed by atoms with Gasteiger partial charge in [-0.05, 0) is 59.0 Å². The molecule has 0 aromatic heterocycles. The number of phosphoric ester groups is 3. The minimum atomic E-state index is -4.58. The summed E-state index contributed by atoms with van der Waals surface area (Å²) in [6, 6.07) is 51.8. The Morgan fingerprint density at radius 2 is 0.731 bits per heavy atom. The standard InChI is InChI=1S/C32H35O5P.C9H13O5P.C8H11O5P/c1-23(26-13-7-4-8-14-26)29-21-30(24(2)27-15-9-5-10-16-27)32(36-19-20-37-38(33,34)35)31(22-29)25(3)28-17-11-6-12-18-28;1-8-3-2-4-9(7-8)13-5-6-14-15(10,11)12;9-14(10,11)13-7-6-12-8-4-2-1-3-5-8/h4-18,21-25H,19-20H2,1-3H3,(H2,33,34,35);2-4,7H,5-6H2,1H3,(H2,10,11,12);1-5H,6-7H2,(H2,9,10,11). The Labute approximate surface area is 392 Å². The summed E-state index contributed by atoms with van der Waals surface area (Å²) in [5, 5.41) is 0. The van der Waals surface area contributed by atoms with Gasteiger partial charge in [0.05, 0.1) is 19.8 Å². The Hall–Kier alpha value is -4.95. The third-order valence-corrected chi connectivity index (χ3v) is 11.6. The lowest BCUT2D eigenvalue weighted by molar-refractivity contribution is 0.159. The lowest BCUT2D eigenvalue weighted by Gasteiger charge is -2.26. The lowest BCUT2D eigenvalue weighted by Crippen LogP contribution is -2.13.